The van der Waals surface area contributed by atoms with E-state index in [4.69, 9.17) is 5.73 Å². The number of hydrogen-bond acceptors (Lipinski definition) is 14. The van der Waals surface area contributed by atoms with E-state index in [0.717, 1.165) is 105 Å². The number of pyridine rings is 1. The Morgan fingerprint density at radius 1 is 0.833 bits per heavy atom. The van der Waals surface area contributed by atoms with Crippen LogP contribution in [0.5, 0.6) is 5.75 Å². The number of likely N-dealkylation sites (tertiary alicyclic amines) is 2. The van der Waals surface area contributed by atoms with Crippen molar-refractivity contribution in [2.75, 3.05) is 48.3 Å². The number of thiazole rings is 1. The van der Waals surface area contributed by atoms with Crippen LogP contribution in [-0.4, -0.2) is 127 Å². The molecule has 2 unspecified atom stereocenters. The molecule has 72 heavy (non-hydrogen) atoms. The van der Waals surface area contributed by atoms with Gasteiger partial charge in [0.25, 0.3) is 0 Å². The summed E-state index contributed by atoms with van der Waals surface area (Å²) in [6.07, 6.45) is 8.86. The number of nitrogen functional groups attached to an aromatic ring is 1. The van der Waals surface area contributed by atoms with Crippen molar-refractivity contribution in [2.24, 2.45) is 11.3 Å². The molecule has 2 aromatic carbocycles. The second-order valence-corrected chi connectivity index (χ2v) is 22.7. The standard InChI is InChI=1S/C55H69N11O5S/c1-33-49(72-32-59-33)44-20-9-34(27-57-44)28-58-53(70)47-25-42(67)31-65(47)54(71)50(55(2,3)4)60-52(69)37-12-14-38(15-13-37)63-23-21-36(22-24-63)35-10-16-39(17-11-35)66-40-18-19-41(66)30-64(29-40)46-26-45(61-62-51(46)56)43-7-5-6-8-48(43)68/h5-11,16-17,20,26-27,32,36-38,40-42,47,50,67-68H,12-15,18-19,21-25,28-31H2,1-4H3,(H2,56,62)(H,58,70)(H,60,69)/t37-,38+,40?,41?,42-,47+,50-/m1/s1. The number of β-amino-alcohol motifs (C(OH)–C–C–N with tert-alkyl or cyclic N) is 1. The maximum absolute atomic E-state index is 14.3. The van der Waals surface area contributed by atoms with Crippen LogP contribution in [0.15, 0.2) is 78.4 Å². The molecule has 10 rings (SSSR count). The third-order valence-corrected chi connectivity index (χ3v) is 17.1. The van der Waals surface area contributed by atoms with Gasteiger partial charge in [0.05, 0.1) is 39.3 Å². The Kier molecular flexibility index (Phi) is 14.2. The Morgan fingerprint density at radius 2 is 1.54 bits per heavy atom. The molecule has 5 aromatic rings. The number of anilines is 3. The smallest absolute Gasteiger partial charge is 0.246 e. The average Bonchev–Trinajstić information content (AvgIpc) is 4.08. The Labute approximate surface area is 426 Å². The molecule has 4 saturated heterocycles. The molecule has 1 aliphatic carbocycles. The summed E-state index contributed by atoms with van der Waals surface area (Å²) in [5.74, 6) is 0.0941. The lowest BCUT2D eigenvalue weighted by Gasteiger charge is -2.44. The van der Waals surface area contributed by atoms with Gasteiger partial charge in [-0.1, -0.05) is 51.1 Å². The van der Waals surface area contributed by atoms with Crippen LogP contribution in [0.2, 0.25) is 0 Å². The van der Waals surface area contributed by atoms with Crippen molar-refractivity contribution in [2.45, 2.75) is 134 Å². The van der Waals surface area contributed by atoms with Gasteiger partial charge in [-0.3, -0.25) is 19.4 Å². The first-order valence-corrected chi connectivity index (χ1v) is 26.8. The van der Waals surface area contributed by atoms with E-state index in [-0.39, 0.29) is 48.9 Å². The van der Waals surface area contributed by atoms with Crippen molar-refractivity contribution in [1.82, 2.24) is 40.6 Å². The van der Waals surface area contributed by atoms with Crippen molar-refractivity contribution >= 4 is 46.3 Å². The molecule has 17 heteroatoms. The van der Waals surface area contributed by atoms with Crippen molar-refractivity contribution in [1.29, 1.82) is 0 Å². The van der Waals surface area contributed by atoms with E-state index in [2.05, 4.69) is 69.8 Å². The van der Waals surface area contributed by atoms with Crippen molar-refractivity contribution < 1.29 is 24.6 Å². The molecule has 5 aliphatic rings. The molecule has 1 saturated carbocycles. The van der Waals surface area contributed by atoms with Crippen molar-refractivity contribution in [3.63, 3.8) is 0 Å². The number of carbonyl (C=O) groups is 3. The summed E-state index contributed by atoms with van der Waals surface area (Å²) in [5.41, 5.74) is 14.9. The van der Waals surface area contributed by atoms with Gasteiger partial charge in [-0.05, 0) is 130 Å². The number of aliphatic hydroxyl groups is 1. The molecule has 16 nitrogen and oxygen atoms in total. The fourth-order valence-corrected chi connectivity index (χ4v) is 12.9. The predicted octanol–water partition coefficient (Wildman–Crippen LogP) is 6.66. The molecule has 3 amide bonds. The summed E-state index contributed by atoms with van der Waals surface area (Å²) in [5, 5.41) is 35.9. The SMILES string of the molecule is Cc1ncsc1-c1ccc(CNC(=O)[C@@H]2C[C@@H](O)CN2C(=O)[C@@H](NC(=O)[C@H]2CC[C@@H](N3CCC(c4ccc(N5C6CCC5CN(c5cc(-c7ccccc7O)nnc5N)C6)cc4)CC3)CC2)C(C)(C)C)cn1. The average molecular weight is 996 g/mol. The lowest BCUT2D eigenvalue weighted by Crippen LogP contribution is -2.58. The number of benzene rings is 2. The van der Waals surface area contributed by atoms with E-state index in [9.17, 15) is 24.6 Å². The number of piperazine rings is 1. The number of nitrogens with two attached hydrogens (primary N) is 1. The van der Waals surface area contributed by atoms with E-state index >= 15 is 0 Å². The quantitative estimate of drug-likeness (QED) is 0.0888. The highest BCUT2D eigenvalue weighted by Gasteiger charge is 2.46. The second-order valence-electron chi connectivity index (χ2n) is 21.9. The summed E-state index contributed by atoms with van der Waals surface area (Å²) in [6, 6.07) is 21.7. The first kappa shape index (κ1) is 49.4. The topological polar surface area (TPSA) is 206 Å². The summed E-state index contributed by atoms with van der Waals surface area (Å²) >= 11 is 1.53. The minimum absolute atomic E-state index is 0.0318. The number of phenolic OH excluding ortho intramolecular Hbond substituents is 1. The Balaban J connectivity index is 0.686. The van der Waals surface area contributed by atoms with E-state index in [0.29, 0.717) is 41.1 Å². The Bertz CT molecular complexity index is 2720. The van der Waals surface area contributed by atoms with Gasteiger partial charge in [-0.15, -0.1) is 21.5 Å². The number of hydrogen-bond donors (Lipinski definition) is 5. The molecule has 2 bridgehead atoms. The van der Waals surface area contributed by atoms with E-state index < -0.39 is 23.6 Å². The molecule has 380 valence electrons. The third kappa shape index (κ3) is 10.4. The molecule has 5 atom stereocenters. The largest absolute Gasteiger partial charge is 0.507 e. The van der Waals surface area contributed by atoms with Crippen LogP contribution in [-0.2, 0) is 20.9 Å². The lowest BCUT2D eigenvalue weighted by atomic mass is 9.81. The van der Waals surface area contributed by atoms with Crippen LogP contribution >= 0.6 is 11.3 Å². The zero-order valence-electron chi connectivity index (χ0n) is 41.9. The number of piperidine rings is 1. The molecule has 0 radical (unpaired) electrons. The molecular formula is C55H69N11O5S. The summed E-state index contributed by atoms with van der Waals surface area (Å²) in [6.45, 7) is 11.7. The van der Waals surface area contributed by atoms with Gasteiger partial charge in [-0.2, -0.15) is 0 Å². The number of para-hydroxylation sites is 1. The van der Waals surface area contributed by atoms with Gasteiger partial charge in [0.1, 0.15) is 17.8 Å². The van der Waals surface area contributed by atoms with Gasteiger partial charge in [0.15, 0.2) is 5.82 Å². The van der Waals surface area contributed by atoms with Crippen LogP contribution < -0.4 is 26.2 Å². The fraction of sp³-hybridized carbons (Fsp3) is 0.509. The van der Waals surface area contributed by atoms with Gasteiger partial charge in [0, 0.05) is 74.1 Å². The second kappa shape index (κ2) is 20.7. The van der Waals surface area contributed by atoms with Crippen LogP contribution in [0.3, 0.4) is 0 Å². The third-order valence-electron chi connectivity index (χ3n) is 16.1. The number of fused-ring (bicyclic) bond motifs is 2. The fourth-order valence-electron chi connectivity index (χ4n) is 12.1. The van der Waals surface area contributed by atoms with Gasteiger partial charge in [0.2, 0.25) is 17.7 Å². The molecule has 5 fully saturated rings. The highest BCUT2D eigenvalue weighted by molar-refractivity contribution is 7.13. The first-order chi connectivity index (χ1) is 34.7. The number of phenols is 1. The minimum atomic E-state index is -0.856. The molecule has 7 heterocycles. The molecule has 0 spiro atoms. The number of aliphatic hydroxyl groups excluding tert-OH is 1. The van der Waals surface area contributed by atoms with Crippen molar-refractivity contribution in [3.05, 3.63) is 95.3 Å². The predicted molar refractivity (Wildman–Crippen MR) is 280 cm³/mol. The maximum atomic E-state index is 14.3. The highest BCUT2D eigenvalue weighted by atomic mass is 32.1. The number of amides is 3. The van der Waals surface area contributed by atoms with Gasteiger partial charge >= 0.3 is 0 Å². The summed E-state index contributed by atoms with van der Waals surface area (Å²) in [4.78, 5) is 60.8. The zero-order chi connectivity index (χ0) is 50.3. The lowest BCUT2D eigenvalue weighted by molar-refractivity contribution is -0.144. The van der Waals surface area contributed by atoms with Gasteiger partial charge < -0.3 is 46.2 Å². The van der Waals surface area contributed by atoms with E-state index in [1.54, 1.807) is 23.8 Å². The number of aromatic nitrogens is 4. The number of carbonyl (C=O) groups excluding carboxylic acids is 3. The Morgan fingerprint density at radius 3 is 2.19 bits per heavy atom. The monoisotopic (exact) mass is 996 g/mol. The zero-order valence-corrected chi connectivity index (χ0v) is 42.7. The van der Waals surface area contributed by atoms with Crippen LogP contribution in [0.1, 0.15) is 101 Å². The maximum Gasteiger partial charge on any atom is 0.246 e. The van der Waals surface area contributed by atoms with Crippen LogP contribution in [0, 0.1) is 18.3 Å². The van der Waals surface area contributed by atoms with Gasteiger partial charge in [-0.25, -0.2) is 4.98 Å². The van der Waals surface area contributed by atoms with E-state index in [1.165, 1.54) is 27.5 Å². The number of aryl methyl sites for hydroxylation is 1. The van der Waals surface area contributed by atoms with E-state index in [1.807, 2.05) is 58.0 Å². The summed E-state index contributed by atoms with van der Waals surface area (Å²) < 4.78 is 0. The minimum Gasteiger partial charge on any atom is -0.507 e. The number of nitrogens with one attached hydrogen (secondary N) is 2. The number of aromatic hydroxyl groups is 1. The number of nitrogens with zero attached hydrogens (tertiary/aromatic N) is 8. The molecule has 6 N–H and O–H groups in total. The van der Waals surface area contributed by atoms with Crippen LogP contribution in [0.4, 0.5) is 17.2 Å². The van der Waals surface area contributed by atoms with Crippen LogP contribution in [0.25, 0.3) is 21.8 Å². The normalized spacial score (nSPS) is 24.3. The van der Waals surface area contributed by atoms with Crippen molar-refractivity contribution in [3.8, 4) is 27.6 Å². The first-order valence-electron chi connectivity index (χ1n) is 25.9. The molecule has 3 aromatic heterocycles. The highest BCUT2D eigenvalue weighted by Crippen LogP contribution is 2.41. The Hall–Kier alpha value is -6.17. The molecule has 4 aliphatic heterocycles. The number of rotatable bonds is 12. The molecular weight excluding hydrogens is 927 g/mol. The summed E-state index contributed by atoms with van der Waals surface area (Å²) in [7, 11) is 0.